The molecule has 1 fully saturated rings. The van der Waals surface area contributed by atoms with Gasteiger partial charge in [0.1, 0.15) is 0 Å². The minimum atomic E-state index is 0. The van der Waals surface area contributed by atoms with Crippen molar-refractivity contribution in [2.24, 2.45) is 0 Å². The van der Waals surface area contributed by atoms with E-state index < -0.39 is 0 Å². The van der Waals surface area contributed by atoms with Gasteiger partial charge in [-0.3, -0.25) is 4.79 Å². The SMILES string of the molecule is CCN(Cc1ccccc1)c1ccc(C(=O)N2CCCNCC2)cc1.Cl. The Hall–Kier alpha value is -2.04. The molecular weight excluding hydrogens is 346 g/mol. The highest BCUT2D eigenvalue weighted by Gasteiger charge is 2.17. The van der Waals surface area contributed by atoms with Gasteiger partial charge in [0.25, 0.3) is 5.91 Å². The van der Waals surface area contributed by atoms with Gasteiger partial charge < -0.3 is 15.1 Å². The molecular formula is C21H28ClN3O. The molecule has 2 aromatic carbocycles. The molecule has 0 aromatic heterocycles. The first-order chi connectivity index (χ1) is 12.3. The fourth-order valence-electron chi connectivity index (χ4n) is 3.24. The Labute approximate surface area is 162 Å². The average molecular weight is 374 g/mol. The van der Waals surface area contributed by atoms with Crippen molar-refractivity contribution in [3.05, 3.63) is 65.7 Å². The smallest absolute Gasteiger partial charge is 0.253 e. The van der Waals surface area contributed by atoms with Crippen molar-refractivity contribution in [2.75, 3.05) is 37.6 Å². The van der Waals surface area contributed by atoms with Crippen LogP contribution in [0.1, 0.15) is 29.3 Å². The quantitative estimate of drug-likeness (QED) is 0.870. The van der Waals surface area contributed by atoms with Crippen LogP contribution in [-0.2, 0) is 6.54 Å². The van der Waals surface area contributed by atoms with Crippen molar-refractivity contribution in [3.8, 4) is 0 Å². The van der Waals surface area contributed by atoms with E-state index in [0.717, 1.165) is 56.9 Å². The number of nitrogens with zero attached hydrogens (tertiary/aromatic N) is 2. The molecule has 1 N–H and O–H groups in total. The molecule has 2 aromatic rings. The third-order valence-electron chi connectivity index (χ3n) is 4.70. The number of hydrogen-bond donors (Lipinski definition) is 1. The van der Waals surface area contributed by atoms with E-state index in [9.17, 15) is 4.79 Å². The van der Waals surface area contributed by atoms with Crippen molar-refractivity contribution in [2.45, 2.75) is 19.9 Å². The molecule has 26 heavy (non-hydrogen) atoms. The second-order valence-corrected chi connectivity index (χ2v) is 6.44. The Morgan fingerprint density at radius 3 is 2.46 bits per heavy atom. The van der Waals surface area contributed by atoms with E-state index in [2.05, 4.69) is 53.5 Å². The second-order valence-electron chi connectivity index (χ2n) is 6.44. The Kier molecular flexibility index (Phi) is 7.95. The lowest BCUT2D eigenvalue weighted by molar-refractivity contribution is 0.0766. The van der Waals surface area contributed by atoms with Crippen molar-refractivity contribution in [1.29, 1.82) is 0 Å². The van der Waals surface area contributed by atoms with Crippen LogP contribution in [0.25, 0.3) is 0 Å². The topological polar surface area (TPSA) is 35.6 Å². The predicted molar refractivity (Wildman–Crippen MR) is 110 cm³/mol. The van der Waals surface area contributed by atoms with E-state index in [1.165, 1.54) is 5.56 Å². The van der Waals surface area contributed by atoms with E-state index in [0.29, 0.717) is 0 Å². The monoisotopic (exact) mass is 373 g/mol. The molecule has 0 atom stereocenters. The highest BCUT2D eigenvalue weighted by molar-refractivity contribution is 5.94. The molecule has 1 amide bonds. The van der Waals surface area contributed by atoms with Crippen molar-refractivity contribution in [3.63, 3.8) is 0 Å². The number of hydrogen-bond acceptors (Lipinski definition) is 3. The summed E-state index contributed by atoms with van der Waals surface area (Å²) in [6.45, 7) is 7.46. The summed E-state index contributed by atoms with van der Waals surface area (Å²) in [7, 11) is 0. The van der Waals surface area contributed by atoms with Crippen LogP contribution in [0.3, 0.4) is 0 Å². The first kappa shape index (κ1) is 20.3. The molecule has 0 saturated carbocycles. The summed E-state index contributed by atoms with van der Waals surface area (Å²) >= 11 is 0. The normalized spacial score (nSPS) is 14.3. The number of amides is 1. The van der Waals surface area contributed by atoms with Gasteiger partial charge in [0.05, 0.1) is 0 Å². The highest BCUT2D eigenvalue weighted by Crippen LogP contribution is 2.19. The number of benzene rings is 2. The minimum Gasteiger partial charge on any atom is -0.367 e. The summed E-state index contributed by atoms with van der Waals surface area (Å²) in [6, 6.07) is 18.5. The molecule has 0 unspecified atom stereocenters. The van der Waals surface area contributed by atoms with E-state index >= 15 is 0 Å². The lowest BCUT2D eigenvalue weighted by Crippen LogP contribution is -2.34. The standard InChI is InChI=1S/C21H27N3O.ClH/c1-2-23(17-18-7-4-3-5-8-18)20-11-9-19(10-12-20)21(25)24-15-6-13-22-14-16-24;/h3-5,7-12,22H,2,6,13-17H2,1H3;1H. The van der Waals surface area contributed by atoms with Crippen LogP contribution in [0.2, 0.25) is 0 Å². The zero-order valence-corrected chi connectivity index (χ0v) is 16.2. The van der Waals surface area contributed by atoms with Crippen LogP contribution in [0, 0.1) is 0 Å². The Morgan fingerprint density at radius 1 is 1.04 bits per heavy atom. The van der Waals surface area contributed by atoms with Gasteiger partial charge in [-0.25, -0.2) is 0 Å². The maximum atomic E-state index is 12.7. The van der Waals surface area contributed by atoms with Gasteiger partial charge in [-0.05, 0) is 49.7 Å². The van der Waals surface area contributed by atoms with Gasteiger partial charge in [0.2, 0.25) is 0 Å². The van der Waals surface area contributed by atoms with Gasteiger partial charge in [-0.2, -0.15) is 0 Å². The summed E-state index contributed by atoms with van der Waals surface area (Å²) in [6.07, 6.45) is 1.02. The van der Waals surface area contributed by atoms with Crippen molar-refractivity contribution in [1.82, 2.24) is 10.2 Å². The number of carbonyl (C=O) groups excluding carboxylic acids is 1. The fraction of sp³-hybridized carbons (Fsp3) is 0.381. The third-order valence-corrected chi connectivity index (χ3v) is 4.70. The van der Waals surface area contributed by atoms with Gasteiger partial charge >= 0.3 is 0 Å². The molecule has 0 bridgehead atoms. The largest absolute Gasteiger partial charge is 0.367 e. The van der Waals surface area contributed by atoms with Crippen molar-refractivity contribution >= 4 is 24.0 Å². The predicted octanol–water partition coefficient (Wildman–Crippen LogP) is 3.57. The molecule has 0 aliphatic carbocycles. The molecule has 1 heterocycles. The summed E-state index contributed by atoms with van der Waals surface area (Å²) in [5, 5.41) is 3.34. The van der Waals surface area contributed by atoms with Crippen molar-refractivity contribution < 1.29 is 4.79 Å². The Morgan fingerprint density at radius 2 is 1.77 bits per heavy atom. The molecule has 140 valence electrons. The Balaban J connectivity index is 0.00000243. The van der Waals surface area contributed by atoms with E-state index in [1.807, 2.05) is 23.1 Å². The zero-order valence-electron chi connectivity index (χ0n) is 15.4. The molecule has 1 saturated heterocycles. The first-order valence-electron chi connectivity index (χ1n) is 9.17. The van der Waals surface area contributed by atoms with Crippen LogP contribution in [0.4, 0.5) is 5.69 Å². The molecule has 3 rings (SSSR count). The van der Waals surface area contributed by atoms with Crippen LogP contribution in [0.15, 0.2) is 54.6 Å². The molecule has 0 spiro atoms. The number of halogens is 1. The summed E-state index contributed by atoms with van der Waals surface area (Å²) in [4.78, 5) is 17.0. The van der Waals surface area contributed by atoms with Crippen LogP contribution < -0.4 is 10.2 Å². The average Bonchev–Trinajstić information content (AvgIpc) is 2.96. The number of carbonyl (C=O) groups is 1. The zero-order chi connectivity index (χ0) is 17.5. The number of anilines is 1. The molecule has 0 radical (unpaired) electrons. The van der Waals surface area contributed by atoms with E-state index in [-0.39, 0.29) is 18.3 Å². The number of nitrogens with one attached hydrogen (secondary N) is 1. The van der Waals surface area contributed by atoms with Crippen LogP contribution in [0.5, 0.6) is 0 Å². The maximum Gasteiger partial charge on any atom is 0.253 e. The number of rotatable bonds is 5. The van der Waals surface area contributed by atoms with Gasteiger partial charge in [-0.1, -0.05) is 30.3 Å². The van der Waals surface area contributed by atoms with Gasteiger partial charge in [0, 0.05) is 44.0 Å². The van der Waals surface area contributed by atoms with E-state index in [1.54, 1.807) is 0 Å². The maximum absolute atomic E-state index is 12.7. The molecule has 1 aliphatic heterocycles. The molecule has 5 heteroatoms. The Bertz CT molecular complexity index is 667. The fourth-order valence-corrected chi connectivity index (χ4v) is 3.24. The van der Waals surface area contributed by atoms with Crippen LogP contribution in [-0.4, -0.2) is 43.5 Å². The van der Waals surface area contributed by atoms with E-state index in [4.69, 9.17) is 0 Å². The lowest BCUT2D eigenvalue weighted by atomic mass is 10.1. The first-order valence-corrected chi connectivity index (χ1v) is 9.17. The van der Waals surface area contributed by atoms with Gasteiger partial charge in [-0.15, -0.1) is 12.4 Å². The summed E-state index contributed by atoms with van der Waals surface area (Å²) in [5.74, 6) is 0.140. The molecule has 1 aliphatic rings. The van der Waals surface area contributed by atoms with Crippen LogP contribution >= 0.6 is 12.4 Å². The lowest BCUT2D eigenvalue weighted by Gasteiger charge is -2.24. The minimum absolute atomic E-state index is 0. The van der Waals surface area contributed by atoms with Gasteiger partial charge in [0.15, 0.2) is 0 Å². The second kappa shape index (κ2) is 10.2. The third kappa shape index (κ3) is 5.23. The highest BCUT2D eigenvalue weighted by atomic mass is 35.5. The molecule has 4 nitrogen and oxygen atoms in total. The summed E-state index contributed by atoms with van der Waals surface area (Å²) in [5.41, 5.74) is 3.23. The summed E-state index contributed by atoms with van der Waals surface area (Å²) < 4.78 is 0.